The summed E-state index contributed by atoms with van der Waals surface area (Å²) in [5.74, 6) is 0. The van der Waals surface area contributed by atoms with E-state index < -0.39 is 23.7 Å². The van der Waals surface area contributed by atoms with E-state index in [1.54, 1.807) is 6.20 Å². The van der Waals surface area contributed by atoms with Crippen LogP contribution in [0.5, 0.6) is 0 Å². The van der Waals surface area contributed by atoms with Crippen LogP contribution in [0.4, 0.5) is 0 Å². The summed E-state index contributed by atoms with van der Waals surface area (Å²) in [6.45, 7) is -0.500. The normalized spacial score (nSPS) is 10.2. The van der Waals surface area contributed by atoms with Gasteiger partial charge in [-0.25, -0.2) is 0 Å². The number of nitrogens with zero attached hydrogens (tertiary/aromatic N) is 2. The minimum atomic E-state index is -3.30. The number of fused-ring (bicyclic) bond motifs is 3. The Morgan fingerprint density at radius 1 is 0.605 bits per heavy atom. The second-order valence-corrected chi connectivity index (χ2v) is 20.6. The van der Waals surface area contributed by atoms with Gasteiger partial charge in [-0.3, -0.25) is 9.97 Å². The molecule has 0 radical (unpaired) electrons. The Balaban J connectivity index is 0.000000195. The van der Waals surface area contributed by atoms with Crippen molar-refractivity contribution in [2.24, 2.45) is 0 Å². The number of hydrogen-bond acceptors (Lipinski definition) is 4. The van der Waals surface area contributed by atoms with Gasteiger partial charge in [0.1, 0.15) is 0 Å². The van der Waals surface area contributed by atoms with Crippen LogP contribution < -0.4 is 45.4 Å². The Labute approximate surface area is 252 Å². The molecule has 0 fully saturated rings. The number of aromatic nitrogens is 2. The predicted molar refractivity (Wildman–Crippen MR) is 153 cm³/mol. The van der Waals surface area contributed by atoms with Crippen molar-refractivity contribution < 1.29 is 39.5 Å². The summed E-state index contributed by atoms with van der Waals surface area (Å²) in [7, 11) is 7.33. The molecule has 182 valence electrons. The van der Waals surface area contributed by atoms with Gasteiger partial charge in [0.15, 0.2) is 0 Å². The SMILES string of the molecule is O=C[O-].[Cl][Sn]([c]1ccccc1)([c]1ccccc1)[c]1ccccc1.[Na+].c1cnc2c(c1)ccc1ncccc12. The number of halogens is 1. The molecule has 7 heteroatoms. The van der Waals surface area contributed by atoms with Gasteiger partial charge in [-0.05, 0) is 24.3 Å². The topological polar surface area (TPSA) is 65.9 Å². The van der Waals surface area contributed by atoms with E-state index in [1.807, 2.05) is 42.6 Å². The molecule has 2 heterocycles. The summed E-state index contributed by atoms with van der Waals surface area (Å²) in [6, 6.07) is 43.7. The van der Waals surface area contributed by atoms with Crippen molar-refractivity contribution in [3.8, 4) is 0 Å². The molecule has 2 aromatic heterocycles. The van der Waals surface area contributed by atoms with Gasteiger partial charge in [-0.15, -0.1) is 0 Å². The Hall–Kier alpha value is -2.74. The van der Waals surface area contributed by atoms with Crippen molar-refractivity contribution >= 4 is 65.2 Å². The van der Waals surface area contributed by atoms with Gasteiger partial charge in [0, 0.05) is 29.6 Å². The van der Waals surface area contributed by atoms with Crippen molar-refractivity contribution in [3.63, 3.8) is 0 Å². The Kier molecular flexibility index (Phi) is 11.8. The second-order valence-electron chi connectivity index (χ2n) is 8.06. The van der Waals surface area contributed by atoms with E-state index in [4.69, 9.17) is 18.8 Å². The van der Waals surface area contributed by atoms with Crippen LogP contribution in [0.3, 0.4) is 0 Å². The molecule has 0 aliphatic carbocycles. The molecule has 0 amide bonds. The number of pyridine rings is 2. The van der Waals surface area contributed by atoms with Gasteiger partial charge in [0.2, 0.25) is 0 Å². The molecule has 0 aliphatic rings. The number of carboxylic acid groups (broad SMARTS) is 1. The minimum absolute atomic E-state index is 0. The zero-order chi connectivity index (χ0) is 25.9. The number of hydrogen-bond donors (Lipinski definition) is 0. The van der Waals surface area contributed by atoms with Gasteiger partial charge in [-0.1, -0.05) is 12.1 Å². The average Bonchev–Trinajstić information content (AvgIpc) is 2.99. The van der Waals surface area contributed by atoms with Crippen LogP contribution in [0, 0.1) is 0 Å². The summed E-state index contributed by atoms with van der Waals surface area (Å²) in [4.78, 5) is 16.9. The van der Waals surface area contributed by atoms with Gasteiger partial charge in [-0.2, -0.15) is 0 Å². The van der Waals surface area contributed by atoms with Crippen LogP contribution in [-0.2, 0) is 4.79 Å². The van der Waals surface area contributed by atoms with Crippen LogP contribution in [0.1, 0.15) is 0 Å². The average molecular weight is 634 g/mol. The fourth-order valence-corrected chi connectivity index (χ4v) is 15.2. The first-order valence-electron chi connectivity index (χ1n) is 11.7. The number of carbonyl (C=O) groups is 1. The van der Waals surface area contributed by atoms with Crippen LogP contribution in [-0.4, -0.2) is 33.7 Å². The molecule has 0 atom stereocenters. The molecule has 0 saturated carbocycles. The molecule has 0 aliphatic heterocycles. The van der Waals surface area contributed by atoms with Crippen molar-refractivity contribution in [1.29, 1.82) is 0 Å². The van der Waals surface area contributed by atoms with Crippen molar-refractivity contribution in [2.45, 2.75) is 0 Å². The van der Waals surface area contributed by atoms with Crippen LogP contribution in [0.25, 0.3) is 21.8 Å². The van der Waals surface area contributed by atoms with E-state index in [9.17, 15) is 0 Å². The van der Waals surface area contributed by atoms with Crippen molar-refractivity contribution in [2.75, 3.05) is 0 Å². The Morgan fingerprint density at radius 2 is 1.05 bits per heavy atom. The zero-order valence-electron chi connectivity index (χ0n) is 20.9. The third-order valence-electron chi connectivity index (χ3n) is 5.87. The first-order valence-corrected chi connectivity index (χ1v) is 19.6. The maximum absolute atomic E-state index is 8.25. The predicted octanol–water partition coefficient (Wildman–Crippen LogP) is 1.05. The van der Waals surface area contributed by atoms with Crippen molar-refractivity contribution in [3.05, 3.63) is 140 Å². The molecule has 6 aromatic rings. The Morgan fingerprint density at radius 3 is 1.55 bits per heavy atom. The second kappa shape index (κ2) is 15.0. The van der Waals surface area contributed by atoms with Crippen molar-refractivity contribution in [1.82, 2.24) is 9.97 Å². The fourth-order valence-electron chi connectivity index (χ4n) is 4.20. The smallest absolute Gasteiger partial charge is 0.256 e. The summed E-state index contributed by atoms with van der Waals surface area (Å²) in [6.07, 6.45) is 3.62. The first kappa shape index (κ1) is 29.8. The third kappa shape index (κ3) is 7.01. The first-order chi connectivity index (χ1) is 18.2. The Bertz CT molecular complexity index is 1420. The molecule has 0 unspecified atom stereocenters. The van der Waals surface area contributed by atoms with E-state index >= 15 is 0 Å². The number of carbonyl (C=O) groups excluding carboxylic acids is 1. The zero-order valence-corrected chi connectivity index (χ0v) is 26.6. The molecule has 0 saturated heterocycles. The largest absolute Gasteiger partial charge is 1.00 e. The molecule has 4 nitrogen and oxygen atoms in total. The van der Waals surface area contributed by atoms with Gasteiger partial charge < -0.3 is 9.90 Å². The minimum Gasteiger partial charge on any atom is -0.256 e. The summed E-state index contributed by atoms with van der Waals surface area (Å²) >= 11 is -3.30. The third-order valence-corrected chi connectivity index (χ3v) is 19.9. The van der Waals surface area contributed by atoms with Crippen LogP contribution in [0.2, 0.25) is 0 Å². The molecule has 4 aromatic carbocycles. The van der Waals surface area contributed by atoms with Gasteiger partial charge in [0.25, 0.3) is 0 Å². The number of rotatable bonds is 3. The maximum Gasteiger partial charge on any atom is 1.00 e. The quantitative estimate of drug-likeness (QED) is 0.166. The van der Waals surface area contributed by atoms with E-state index in [0.29, 0.717) is 0 Å². The van der Waals surface area contributed by atoms with Crippen LogP contribution >= 0.6 is 8.92 Å². The fraction of sp³-hybridized carbons (Fsp3) is 0. The molecule has 0 bridgehead atoms. The van der Waals surface area contributed by atoms with E-state index in [0.717, 1.165) is 21.8 Å². The maximum atomic E-state index is 8.25. The van der Waals surface area contributed by atoms with E-state index in [2.05, 4.69) is 101 Å². The molecule has 6 rings (SSSR count). The van der Waals surface area contributed by atoms with E-state index in [-0.39, 0.29) is 29.6 Å². The molecular weight excluding hydrogens is 610 g/mol. The summed E-state index contributed by atoms with van der Waals surface area (Å²) < 4.78 is 3.88. The molecule has 38 heavy (non-hydrogen) atoms. The van der Waals surface area contributed by atoms with Gasteiger partial charge in [0.05, 0.1) is 11.0 Å². The van der Waals surface area contributed by atoms with E-state index in [1.165, 1.54) is 10.7 Å². The molecule has 0 N–H and O–H groups in total. The summed E-state index contributed by atoms with van der Waals surface area (Å²) in [5.41, 5.74) is 2.02. The standard InChI is InChI=1S/C12H8N2.3C6H5.CH2O2.ClH.Na.Sn/c1-3-9-5-6-11-10(4-2-7-13-11)12(9)14-8-1;3*1-2-4-6-5-3-1;2-1-3;;;/h1-8H;3*1-5H;1H,(H,2,3);1H;;/q;;;;;;2*+1/p-2. The summed E-state index contributed by atoms with van der Waals surface area (Å²) in [5, 5.41) is 10.5. The molecular formula is C31H24ClN2NaO2Sn. The van der Waals surface area contributed by atoms with Crippen LogP contribution in [0.15, 0.2) is 140 Å². The molecule has 0 spiro atoms. The number of benzene rings is 4. The monoisotopic (exact) mass is 634 g/mol. The van der Waals surface area contributed by atoms with Gasteiger partial charge >= 0.3 is 157 Å².